The van der Waals surface area contributed by atoms with Gasteiger partial charge in [0.25, 0.3) is 0 Å². The molecule has 236 valence electrons. The van der Waals surface area contributed by atoms with Crippen molar-refractivity contribution in [2.45, 2.75) is 130 Å². The van der Waals surface area contributed by atoms with Crippen LogP contribution in [0.25, 0.3) is 32.8 Å². The second-order valence-corrected chi connectivity index (χ2v) is 15.7. The molecule has 8 heteroatoms. The molecule has 0 saturated carbocycles. The summed E-state index contributed by atoms with van der Waals surface area (Å²) in [4.78, 5) is 10.7. The second-order valence-electron chi connectivity index (χ2n) is 15.7. The number of ether oxygens (including phenoxy) is 4. The molecule has 2 aromatic heterocycles. The van der Waals surface area contributed by atoms with Gasteiger partial charge in [0.2, 0.25) is 0 Å². The number of nitrogens with zero attached hydrogens (tertiary/aromatic N) is 4. The van der Waals surface area contributed by atoms with Gasteiger partial charge in [-0.25, -0.2) is 9.97 Å². The first-order chi connectivity index (χ1) is 20.9. The van der Waals surface area contributed by atoms with Gasteiger partial charge < -0.3 is 28.1 Å². The predicted octanol–water partition coefficient (Wildman–Crippen LogP) is 8.06. The minimum Gasteiger partial charge on any atom is -0.342 e. The molecule has 4 aromatic rings. The molecule has 6 heterocycles. The molecule has 4 atom stereocenters. The van der Waals surface area contributed by atoms with Gasteiger partial charge in [-0.05, 0) is 41.2 Å². The van der Waals surface area contributed by atoms with Crippen LogP contribution in [0.2, 0.25) is 0 Å². The van der Waals surface area contributed by atoms with E-state index in [1.807, 2.05) is 0 Å². The van der Waals surface area contributed by atoms with Crippen molar-refractivity contribution in [3.63, 3.8) is 0 Å². The number of rotatable bonds is 8. The van der Waals surface area contributed by atoms with Gasteiger partial charge in [0.1, 0.15) is 36.1 Å². The van der Waals surface area contributed by atoms with E-state index in [2.05, 4.69) is 88.8 Å². The summed E-state index contributed by atoms with van der Waals surface area (Å²) in [6, 6.07) is 8.83. The van der Waals surface area contributed by atoms with E-state index >= 15 is 0 Å². The fraction of sp³-hybridized carbons (Fsp3) is 0.667. The first-order valence-electron chi connectivity index (χ1n) is 17.0. The highest BCUT2D eigenvalue weighted by atomic mass is 16.8. The van der Waals surface area contributed by atoms with Gasteiger partial charge >= 0.3 is 0 Å². The van der Waals surface area contributed by atoms with Crippen molar-refractivity contribution in [1.82, 2.24) is 19.1 Å². The summed E-state index contributed by atoms with van der Waals surface area (Å²) in [6.45, 7) is 19.5. The van der Waals surface area contributed by atoms with E-state index < -0.39 is 11.6 Å². The lowest BCUT2D eigenvalue weighted by Crippen LogP contribution is -2.35. The van der Waals surface area contributed by atoms with Gasteiger partial charge in [0.05, 0.1) is 35.2 Å². The van der Waals surface area contributed by atoms with Gasteiger partial charge in [-0.15, -0.1) is 0 Å². The van der Waals surface area contributed by atoms with E-state index in [1.165, 1.54) is 0 Å². The van der Waals surface area contributed by atoms with Crippen molar-refractivity contribution in [3.8, 4) is 0 Å². The molecule has 2 aromatic carbocycles. The van der Waals surface area contributed by atoms with E-state index in [0.717, 1.165) is 83.3 Å². The Morgan fingerprint density at radius 3 is 1.36 bits per heavy atom. The molecule has 4 aliphatic heterocycles. The Balaban J connectivity index is 1.19. The fourth-order valence-corrected chi connectivity index (χ4v) is 8.88. The largest absolute Gasteiger partial charge is 0.342 e. The van der Waals surface area contributed by atoms with Crippen LogP contribution in [0.3, 0.4) is 0 Å². The maximum Gasteiger partial charge on any atom is 0.170 e. The third-order valence-corrected chi connectivity index (χ3v) is 9.88. The summed E-state index contributed by atoms with van der Waals surface area (Å²) >= 11 is 0. The van der Waals surface area contributed by atoms with E-state index in [4.69, 9.17) is 28.9 Å². The van der Waals surface area contributed by atoms with Crippen molar-refractivity contribution < 1.29 is 18.9 Å². The molecule has 4 aliphatic rings. The molecule has 0 unspecified atom stereocenters. The molecule has 0 radical (unpaired) electrons. The SMILES string of the molecule is CC(C)CC1(CC(C)C)O[C@H]2Cn3c(nc4c5c(ccc43)ccc3c5nc4n3C[C@@H]3OC(CC(C)C)(CC(C)C)O[C@H]43)[C@H]2O1. The number of fused-ring (bicyclic) bond motifs is 13. The Morgan fingerprint density at radius 1 is 0.614 bits per heavy atom. The second kappa shape index (κ2) is 9.99. The zero-order chi connectivity index (χ0) is 30.7. The van der Waals surface area contributed by atoms with E-state index in [0.29, 0.717) is 23.7 Å². The Bertz CT molecular complexity index is 1610. The molecule has 2 fully saturated rings. The van der Waals surface area contributed by atoms with Crippen molar-refractivity contribution in [1.29, 1.82) is 0 Å². The molecule has 0 spiro atoms. The molecular weight excluding hydrogens is 552 g/mol. The van der Waals surface area contributed by atoms with Crippen molar-refractivity contribution in [2.24, 2.45) is 23.7 Å². The predicted molar refractivity (Wildman–Crippen MR) is 171 cm³/mol. The Morgan fingerprint density at radius 2 is 1.00 bits per heavy atom. The maximum absolute atomic E-state index is 6.87. The topological polar surface area (TPSA) is 72.6 Å². The van der Waals surface area contributed by atoms with Crippen LogP contribution in [-0.4, -0.2) is 42.9 Å². The van der Waals surface area contributed by atoms with Crippen LogP contribution in [0.1, 0.15) is 105 Å². The number of imidazole rings is 2. The van der Waals surface area contributed by atoms with Gasteiger partial charge in [0, 0.05) is 31.1 Å². The molecule has 0 N–H and O–H groups in total. The van der Waals surface area contributed by atoms with Crippen LogP contribution >= 0.6 is 0 Å². The Hall–Kier alpha value is -2.52. The molecule has 0 amide bonds. The van der Waals surface area contributed by atoms with Crippen LogP contribution in [0.15, 0.2) is 24.3 Å². The standard InChI is InChI=1S/C36H48N4O4/c1-19(2)13-35(14-20(3)4)41-26-17-39-24-11-9-23-10-12-25-30(28(23)29(24)37-33(39)31(26)43-35)38-34-32-27(18-40(25)34)42-36(44-32,15-21(5)6)16-22(7)8/h9-12,19-22,26-27,31-32H,13-18H2,1-8H3/t26-,27-,31-,32-/m0/s1. The number of aromatic nitrogens is 4. The van der Waals surface area contributed by atoms with Crippen LogP contribution in [0.5, 0.6) is 0 Å². The highest BCUT2D eigenvalue weighted by molar-refractivity contribution is 6.16. The fourth-order valence-electron chi connectivity index (χ4n) is 8.88. The van der Waals surface area contributed by atoms with Crippen molar-refractivity contribution in [2.75, 3.05) is 0 Å². The monoisotopic (exact) mass is 600 g/mol. The average molecular weight is 601 g/mol. The van der Waals surface area contributed by atoms with Gasteiger partial charge in [0.15, 0.2) is 11.6 Å². The van der Waals surface area contributed by atoms with Gasteiger partial charge in [-0.3, -0.25) is 0 Å². The first kappa shape index (κ1) is 28.9. The molecule has 0 bridgehead atoms. The summed E-state index contributed by atoms with van der Waals surface area (Å²) in [6.07, 6.45) is 3.27. The lowest BCUT2D eigenvalue weighted by atomic mass is 9.94. The lowest BCUT2D eigenvalue weighted by Gasteiger charge is -2.32. The summed E-state index contributed by atoms with van der Waals surface area (Å²) < 4.78 is 31.9. The molecule has 8 nitrogen and oxygen atoms in total. The van der Waals surface area contributed by atoms with E-state index in [9.17, 15) is 0 Å². The number of hydrogen-bond acceptors (Lipinski definition) is 6. The summed E-state index contributed by atoms with van der Waals surface area (Å²) in [7, 11) is 0. The molecule has 8 rings (SSSR count). The molecule has 44 heavy (non-hydrogen) atoms. The van der Waals surface area contributed by atoms with Crippen LogP contribution in [0.4, 0.5) is 0 Å². The number of hydrogen-bond donors (Lipinski definition) is 0. The first-order valence-corrected chi connectivity index (χ1v) is 17.0. The van der Waals surface area contributed by atoms with Crippen LogP contribution in [-0.2, 0) is 32.0 Å². The summed E-state index contributed by atoms with van der Waals surface area (Å²) in [5, 5.41) is 2.27. The zero-order valence-electron chi connectivity index (χ0n) is 27.6. The van der Waals surface area contributed by atoms with Crippen LogP contribution < -0.4 is 0 Å². The smallest absolute Gasteiger partial charge is 0.170 e. The Labute approximate surface area is 260 Å². The summed E-state index contributed by atoms with van der Waals surface area (Å²) in [5.74, 6) is 2.83. The Kier molecular flexibility index (Phi) is 6.56. The number of benzene rings is 2. The van der Waals surface area contributed by atoms with Crippen molar-refractivity contribution in [3.05, 3.63) is 35.9 Å². The highest BCUT2D eigenvalue weighted by Crippen LogP contribution is 2.51. The normalized spacial score (nSPS) is 26.7. The third kappa shape index (κ3) is 4.38. The maximum atomic E-state index is 6.87. The minimum absolute atomic E-state index is 0.00399. The highest BCUT2D eigenvalue weighted by Gasteiger charge is 2.55. The molecule has 2 saturated heterocycles. The lowest BCUT2D eigenvalue weighted by molar-refractivity contribution is -0.200. The summed E-state index contributed by atoms with van der Waals surface area (Å²) in [5.41, 5.74) is 4.25. The minimum atomic E-state index is -0.540. The molecule has 0 aliphatic carbocycles. The van der Waals surface area contributed by atoms with Gasteiger partial charge in [-0.1, -0.05) is 67.5 Å². The van der Waals surface area contributed by atoms with E-state index in [-0.39, 0.29) is 24.4 Å². The van der Waals surface area contributed by atoms with E-state index in [1.54, 1.807) is 0 Å². The third-order valence-electron chi connectivity index (χ3n) is 9.88. The average Bonchev–Trinajstić information content (AvgIpc) is 3.71. The van der Waals surface area contributed by atoms with Crippen molar-refractivity contribution >= 4 is 32.8 Å². The van der Waals surface area contributed by atoms with Crippen LogP contribution in [0, 0.1) is 23.7 Å². The molecular formula is C36H48N4O4. The zero-order valence-corrected chi connectivity index (χ0v) is 27.6. The quantitative estimate of drug-likeness (QED) is 0.204. The van der Waals surface area contributed by atoms with Gasteiger partial charge in [-0.2, -0.15) is 0 Å².